The van der Waals surface area contributed by atoms with Crippen LogP contribution in [-0.4, -0.2) is 22.3 Å². The zero-order chi connectivity index (χ0) is 11.0. The van der Waals surface area contributed by atoms with E-state index >= 15 is 0 Å². The van der Waals surface area contributed by atoms with Crippen molar-refractivity contribution in [3.05, 3.63) is 41.0 Å². The molecule has 0 heterocycles. The maximum atomic E-state index is 10.8. The number of benzene rings is 1. The summed E-state index contributed by atoms with van der Waals surface area (Å²) in [6.45, 7) is 1.92. The molecule has 1 aromatic rings. The van der Waals surface area contributed by atoms with Gasteiger partial charge in [0.1, 0.15) is 0 Å². The van der Waals surface area contributed by atoms with Gasteiger partial charge in [-0.2, -0.15) is 0 Å². The van der Waals surface area contributed by atoms with Crippen LogP contribution in [0.15, 0.2) is 24.3 Å². The van der Waals surface area contributed by atoms with E-state index in [-0.39, 0.29) is 11.5 Å². The molecule has 0 aromatic heterocycles. The van der Waals surface area contributed by atoms with Crippen LogP contribution >= 0.6 is 0 Å². The fourth-order valence-corrected chi connectivity index (χ4v) is 1.82. The summed E-state index contributed by atoms with van der Waals surface area (Å²) in [6.07, 6.45) is 2.98. The lowest BCUT2D eigenvalue weighted by Crippen LogP contribution is -2.17. The third-order valence-corrected chi connectivity index (χ3v) is 2.81. The zero-order valence-electron chi connectivity index (χ0n) is 8.34. The van der Waals surface area contributed by atoms with Crippen molar-refractivity contribution in [3.63, 3.8) is 0 Å². The first-order valence-corrected chi connectivity index (χ1v) is 4.83. The van der Waals surface area contributed by atoms with E-state index in [9.17, 15) is 9.90 Å². The Morgan fingerprint density at radius 3 is 2.80 bits per heavy atom. The van der Waals surface area contributed by atoms with Crippen molar-refractivity contribution < 1.29 is 15.0 Å². The number of carboxylic acids is 1. The van der Waals surface area contributed by atoms with Crippen molar-refractivity contribution in [1.82, 2.24) is 0 Å². The molecule has 0 aliphatic heterocycles. The third kappa shape index (κ3) is 1.66. The van der Waals surface area contributed by atoms with E-state index in [2.05, 4.69) is 0 Å². The predicted octanol–water partition coefficient (Wildman–Crippen LogP) is 1.88. The minimum atomic E-state index is -0.926. The van der Waals surface area contributed by atoms with Gasteiger partial charge in [0.2, 0.25) is 0 Å². The molecule has 0 radical (unpaired) electrons. The normalized spacial score (nSPS) is 23.6. The lowest BCUT2D eigenvalue weighted by molar-refractivity contribution is 0.0697. The Hall–Kier alpha value is -1.61. The number of aromatic carboxylic acids is 1. The van der Waals surface area contributed by atoms with Gasteiger partial charge in [0, 0.05) is 5.92 Å². The average molecular weight is 204 g/mol. The molecule has 3 nitrogen and oxygen atoms in total. The lowest BCUT2D eigenvalue weighted by atomic mass is 9.86. The molecule has 3 heteroatoms. The summed E-state index contributed by atoms with van der Waals surface area (Å²) in [5.41, 5.74) is 2.16. The van der Waals surface area contributed by atoms with Gasteiger partial charge in [-0.15, -0.1) is 0 Å². The monoisotopic (exact) mass is 204 g/mol. The third-order valence-electron chi connectivity index (χ3n) is 2.81. The molecule has 2 unspecified atom stereocenters. The standard InChI is InChI=1S/C12H12O3/c1-7-10-4-2-9(12(14)15)6-8(10)3-5-11(7)13/h2-7,11,13H,1H3,(H,14,15). The molecule has 1 aliphatic carbocycles. The fourth-order valence-electron chi connectivity index (χ4n) is 1.82. The second kappa shape index (κ2) is 3.51. The molecule has 0 spiro atoms. The highest BCUT2D eigenvalue weighted by Crippen LogP contribution is 2.30. The molecule has 2 atom stereocenters. The summed E-state index contributed by atoms with van der Waals surface area (Å²) in [4.78, 5) is 10.8. The highest BCUT2D eigenvalue weighted by molar-refractivity contribution is 5.88. The van der Waals surface area contributed by atoms with Gasteiger partial charge in [0.15, 0.2) is 0 Å². The molecule has 2 N–H and O–H groups in total. The summed E-state index contributed by atoms with van der Waals surface area (Å²) in [7, 11) is 0. The Bertz CT molecular complexity index is 434. The summed E-state index contributed by atoms with van der Waals surface area (Å²) < 4.78 is 0. The van der Waals surface area contributed by atoms with E-state index in [0.29, 0.717) is 0 Å². The van der Waals surface area contributed by atoms with Crippen LogP contribution in [0.1, 0.15) is 34.3 Å². The van der Waals surface area contributed by atoms with E-state index < -0.39 is 12.1 Å². The first-order valence-electron chi connectivity index (χ1n) is 4.83. The van der Waals surface area contributed by atoms with Crippen LogP contribution in [-0.2, 0) is 0 Å². The van der Waals surface area contributed by atoms with Crippen molar-refractivity contribution in [2.45, 2.75) is 18.9 Å². The summed E-state index contributed by atoms with van der Waals surface area (Å²) in [5.74, 6) is -0.905. The highest BCUT2D eigenvalue weighted by atomic mass is 16.4. The molecule has 78 valence electrons. The summed E-state index contributed by atoms with van der Waals surface area (Å²) in [6, 6.07) is 4.98. The molecule has 1 aromatic carbocycles. The van der Waals surface area contributed by atoms with Crippen LogP contribution < -0.4 is 0 Å². The topological polar surface area (TPSA) is 57.5 Å². The quantitative estimate of drug-likeness (QED) is 0.734. The van der Waals surface area contributed by atoms with Crippen LogP contribution in [0, 0.1) is 0 Å². The van der Waals surface area contributed by atoms with Gasteiger partial charge in [0.25, 0.3) is 0 Å². The van der Waals surface area contributed by atoms with Crippen molar-refractivity contribution in [1.29, 1.82) is 0 Å². The Morgan fingerprint density at radius 2 is 2.13 bits per heavy atom. The number of hydrogen-bond donors (Lipinski definition) is 2. The Labute approximate surface area is 87.7 Å². The molecule has 0 saturated heterocycles. The second-order valence-electron chi connectivity index (χ2n) is 3.79. The molecule has 2 rings (SSSR count). The zero-order valence-corrected chi connectivity index (χ0v) is 8.34. The number of hydrogen-bond acceptors (Lipinski definition) is 2. The molecule has 0 saturated carbocycles. The SMILES string of the molecule is CC1c2ccc(C(=O)O)cc2C=CC1O. The number of aliphatic hydroxyl groups is 1. The Kier molecular flexibility index (Phi) is 2.32. The molecular formula is C12H12O3. The minimum absolute atomic E-state index is 0.0212. The molecule has 15 heavy (non-hydrogen) atoms. The van der Waals surface area contributed by atoms with E-state index in [0.717, 1.165) is 11.1 Å². The van der Waals surface area contributed by atoms with E-state index in [4.69, 9.17) is 5.11 Å². The van der Waals surface area contributed by atoms with Gasteiger partial charge in [-0.05, 0) is 23.3 Å². The van der Waals surface area contributed by atoms with Crippen LogP contribution in [0.3, 0.4) is 0 Å². The van der Waals surface area contributed by atoms with Crippen molar-refractivity contribution in [2.24, 2.45) is 0 Å². The molecule has 0 bridgehead atoms. The molecule has 0 fully saturated rings. The van der Waals surface area contributed by atoms with Crippen LogP contribution in [0.25, 0.3) is 6.08 Å². The number of fused-ring (bicyclic) bond motifs is 1. The van der Waals surface area contributed by atoms with E-state index in [1.165, 1.54) is 0 Å². The smallest absolute Gasteiger partial charge is 0.335 e. The first kappa shape index (κ1) is 9.93. The number of rotatable bonds is 1. The van der Waals surface area contributed by atoms with Crippen LogP contribution in [0.5, 0.6) is 0 Å². The maximum Gasteiger partial charge on any atom is 0.335 e. The van der Waals surface area contributed by atoms with Gasteiger partial charge < -0.3 is 10.2 Å². The van der Waals surface area contributed by atoms with E-state index in [1.54, 1.807) is 30.4 Å². The highest BCUT2D eigenvalue weighted by Gasteiger charge is 2.20. The molecular weight excluding hydrogens is 192 g/mol. The predicted molar refractivity (Wildman–Crippen MR) is 56.9 cm³/mol. The Balaban J connectivity index is 2.50. The van der Waals surface area contributed by atoms with Gasteiger partial charge in [0.05, 0.1) is 11.7 Å². The van der Waals surface area contributed by atoms with Gasteiger partial charge in [-0.3, -0.25) is 0 Å². The van der Waals surface area contributed by atoms with E-state index in [1.807, 2.05) is 6.92 Å². The van der Waals surface area contributed by atoms with Gasteiger partial charge in [-0.25, -0.2) is 4.79 Å². The average Bonchev–Trinajstić information content (AvgIpc) is 2.23. The van der Waals surface area contributed by atoms with Crippen molar-refractivity contribution in [3.8, 4) is 0 Å². The minimum Gasteiger partial charge on any atom is -0.478 e. The Morgan fingerprint density at radius 1 is 1.40 bits per heavy atom. The van der Waals surface area contributed by atoms with Crippen LogP contribution in [0.4, 0.5) is 0 Å². The van der Waals surface area contributed by atoms with Crippen LogP contribution in [0.2, 0.25) is 0 Å². The number of aliphatic hydroxyl groups excluding tert-OH is 1. The summed E-state index contributed by atoms with van der Waals surface area (Å²) >= 11 is 0. The molecule has 1 aliphatic rings. The van der Waals surface area contributed by atoms with Crippen molar-refractivity contribution >= 4 is 12.0 Å². The van der Waals surface area contributed by atoms with Gasteiger partial charge >= 0.3 is 5.97 Å². The lowest BCUT2D eigenvalue weighted by Gasteiger charge is -2.22. The fraction of sp³-hybridized carbons (Fsp3) is 0.250. The largest absolute Gasteiger partial charge is 0.478 e. The van der Waals surface area contributed by atoms with Crippen molar-refractivity contribution in [2.75, 3.05) is 0 Å². The number of carboxylic acid groups (broad SMARTS) is 1. The summed E-state index contributed by atoms with van der Waals surface area (Å²) in [5, 5.41) is 18.4. The van der Waals surface area contributed by atoms with Gasteiger partial charge in [-0.1, -0.05) is 25.1 Å². The first-order chi connectivity index (χ1) is 7.09. The molecule has 0 amide bonds. The second-order valence-corrected chi connectivity index (χ2v) is 3.79. The maximum absolute atomic E-state index is 10.8. The number of carbonyl (C=O) groups is 1.